The van der Waals surface area contributed by atoms with E-state index in [4.69, 9.17) is 5.11 Å². The Morgan fingerprint density at radius 1 is 1.60 bits per heavy atom. The number of aliphatic hydroxyl groups excluding tert-OH is 1. The standard InChI is InChI=1S/C6H15NO2S/c1-3-6(5-8)7-10(9)4-2/h6-8H,3-5H2,1-2H3/t6-,10?/m1/s1. The van der Waals surface area contributed by atoms with E-state index in [2.05, 4.69) is 4.72 Å². The monoisotopic (exact) mass is 165 g/mol. The predicted octanol–water partition coefficient (Wildman–Crippen LogP) is 0.0305. The van der Waals surface area contributed by atoms with Gasteiger partial charge in [0, 0.05) is 11.8 Å². The van der Waals surface area contributed by atoms with Crippen molar-refractivity contribution >= 4 is 11.0 Å². The molecule has 0 radical (unpaired) electrons. The smallest absolute Gasteiger partial charge is 0.0915 e. The van der Waals surface area contributed by atoms with Crippen molar-refractivity contribution in [2.24, 2.45) is 0 Å². The third-order valence-corrected chi connectivity index (χ3v) is 2.39. The van der Waals surface area contributed by atoms with Gasteiger partial charge in [-0.2, -0.15) is 0 Å². The van der Waals surface area contributed by atoms with Crippen molar-refractivity contribution < 1.29 is 9.32 Å². The van der Waals surface area contributed by atoms with Gasteiger partial charge in [0.25, 0.3) is 0 Å². The lowest BCUT2D eigenvalue weighted by atomic mass is 10.3. The summed E-state index contributed by atoms with van der Waals surface area (Å²) < 4.78 is 13.6. The van der Waals surface area contributed by atoms with Crippen LogP contribution in [0.1, 0.15) is 20.3 Å². The molecular weight excluding hydrogens is 150 g/mol. The number of hydrogen-bond acceptors (Lipinski definition) is 2. The van der Waals surface area contributed by atoms with Gasteiger partial charge in [0.05, 0.1) is 17.6 Å². The average Bonchev–Trinajstić information content (AvgIpc) is 1.99. The van der Waals surface area contributed by atoms with E-state index in [0.717, 1.165) is 6.42 Å². The summed E-state index contributed by atoms with van der Waals surface area (Å²) in [6, 6.07) is -0.0132. The molecule has 0 aliphatic heterocycles. The van der Waals surface area contributed by atoms with E-state index in [1.54, 1.807) is 0 Å². The Morgan fingerprint density at radius 2 is 2.20 bits per heavy atom. The van der Waals surface area contributed by atoms with Gasteiger partial charge < -0.3 is 5.11 Å². The van der Waals surface area contributed by atoms with Gasteiger partial charge >= 0.3 is 0 Å². The molecule has 0 aliphatic carbocycles. The molecule has 3 nitrogen and oxygen atoms in total. The van der Waals surface area contributed by atoms with Crippen LogP contribution in [-0.4, -0.2) is 27.7 Å². The highest BCUT2D eigenvalue weighted by molar-refractivity contribution is 7.82. The number of nitrogens with one attached hydrogen (secondary N) is 1. The van der Waals surface area contributed by atoms with Gasteiger partial charge in [0.2, 0.25) is 0 Å². The summed E-state index contributed by atoms with van der Waals surface area (Å²) in [5.41, 5.74) is 0. The first-order valence-electron chi connectivity index (χ1n) is 3.50. The number of aliphatic hydroxyl groups is 1. The largest absolute Gasteiger partial charge is 0.395 e. The molecule has 0 spiro atoms. The fourth-order valence-corrected chi connectivity index (χ4v) is 1.30. The van der Waals surface area contributed by atoms with E-state index in [0.29, 0.717) is 5.75 Å². The Kier molecular flexibility index (Phi) is 5.87. The van der Waals surface area contributed by atoms with Gasteiger partial charge in [-0.25, -0.2) is 8.93 Å². The van der Waals surface area contributed by atoms with Crippen LogP contribution in [-0.2, 0) is 11.0 Å². The van der Waals surface area contributed by atoms with Crippen LogP contribution in [0, 0.1) is 0 Å². The molecule has 1 unspecified atom stereocenters. The molecular formula is C6H15NO2S. The Hall–Kier alpha value is 0.0700. The van der Waals surface area contributed by atoms with Crippen molar-refractivity contribution in [2.75, 3.05) is 12.4 Å². The summed E-state index contributed by atoms with van der Waals surface area (Å²) in [6.07, 6.45) is 0.808. The maximum atomic E-state index is 10.8. The molecule has 0 aliphatic rings. The summed E-state index contributed by atoms with van der Waals surface area (Å²) in [7, 11) is -0.967. The van der Waals surface area contributed by atoms with Gasteiger partial charge in [0.15, 0.2) is 0 Å². The van der Waals surface area contributed by atoms with Crippen molar-refractivity contribution in [1.29, 1.82) is 0 Å². The molecule has 0 saturated carbocycles. The Labute approximate surface area is 64.4 Å². The van der Waals surface area contributed by atoms with Crippen molar-refractivity contribution in [2.45, 2.75) is 26.3 Å². The molecule has 0 fully saturated rings. The molecule has 0 aromatic rings. The van der Waals surface area contributed by atoms with Gasteiger partial charge in [-0.3, -0.25) is 0 Å². The van der Waals surface area contributed by atoms with Crippen LogP contribution in [0.25, 0.3) is 0 Å². The lowest BCUT2D eigenvalue weighted by Crippen LogP contribution is -2.33. The molecule has 62 valence electrons. The Balaban J connectivity index is 3.52. The zero-order valence-corrected chi connectivity index (χ0v) is 7.28. The normalized spacial score (nSPS) is 16.7. The molecule has 0 aromatic heterocycles. The first kappa shape index (κ1) is 10.1. The highest BCUT2D eigenvalue weighted by Gasteiger charge is 2.05. The van der Waals surface area contributed by atoms with E-state index >= 15 is 0 Å². The van der Waals surface area contributed by atoms with Crippen molar-refractivity contribution in [3.8, 4) is 0 Å². The number of rotatable bonds is 5. The third kappa shape index (κ3) is 3.98. The molecule has 0 amide bonds. The summed E-state index contributed by atoms with van der Waals surface area (Å²) >= 11 is 0. The fraction of sp³-hybridized carbons (Fsp3) is 1.00. The van der Waals surface area contributed by atoms with Crippen molar-refractivity contribution in [1.82, 2.24) is 4.72 Å². The van der Waals surface area contributed by atoms with E-state index < -0.39 is 11.0 Å². The molecule has 0 bridgehead atoms. The van der Waals surface area contributed by atoms with Gasteiger partial charge in [-0.05, 0) is 6.42 Å². The van der Waals surface area contributed by atoms with Crippen LogP contribution >= 0.6 is 0 Å². The second-order valence-corrected chi connectivity index (χ2v) is 3.54. The summed E-state index contributed by atoms with van der Waals surface area (Å²) in [6.45, 7) is 3.84. The molecule has 10 heavy (non-hydrogen) atoms. The zero-order chi connectivity index (χ0) is 7.98. The van der Waals surface area contributed by atoms with Crippen molar-refractivity contribution in [3.63, 3.8) is 0 Å². The fourth-order valence-electron chi connectivity index (χ4n) is 0.519. The zero-order valence-electron chi connectivity index (χ0n) is 6.46. The van der Waals surface area contributed by atoms with Crippen LogP contribution in [0.4, 0.5) is 0 Å². The maximum absolute atomic E-state index is 10.8. The summed E-state index contributed by atoms with van der Waals surface area (Å²) in [4.78, 5) is 0. The SMILES string of the molecule is CC[C@H](CO)NS(=O)CC. The molecule has 4 heteroatoms. The third-order valence-electron chi connectivity index (χ3n) is 1.27. The summed E-state index contributed by atoms with van der Waals surface area (Å²) in [5, 5.41) is 8.67. The van der Waals surface area contributed by atoms with Crippen LogP contribution in [0.3, 0.4) is 0 Å². The van der Waals surface area contributed by atoms with E-state index in [1.807, 2.05) is 13.8 Å². The van der Waals surface area contributed by atoms with Gasteiger partial charge in [-0.1, -0.05) is 13.8 Å². The average molecular weight is 165 g/mol. The second kappa shape index (κ2) is 5.82. The minimum Gasteiger partial charge on any atom is -0.395 e. The minimum atomic E-state index is -0.967. The molecule has 0 saturated heterocycles. The minimum absolute atomic E-state index is 0.0132. The molecule has 0 rings (SSSR count). The molecule has 0 aromatic carbocycles. The van der Waals surface area contributed by atoms with E-state index in [1.165, 1.54) is 0 Å². The van der Waals surface area contributed by atoms with E-state index in [-0.39, 0.29) is 12.6 Å². The highest BCUT2D eigenvalue weighted by Crippen LogP contribution is 1.89. The van der Waals surface area contributed by atoms with Gasteiger partial charge in [-0.15, -0.1) is 0 Å². The first-order valence-corrected chi connectivity index (χ1v) is 4.81. The summed E-state index contributed by atoms with van der Waals surface area (Å²) in [5.74, 6) is 0.594. The highest BCUT2D eigenvalue weighted by atomic mass is 32.2. The van der Waals surface area contributed by atoms with Gasteiger partial charge in [0.1, 0.15) is 0 Å². The second-order valence-electron chi connectivity index (χ2n) is 2.04. The molecule has 2 N–H and O–H groups in total. The quantitative estimate of drug-likeness (QED) is 0.604. The van der Waals surface area contributed by atoms with E-state index in [9.17, 15) is 4.21 Å². The first-order chi connectivity index (χ1) is 4.74. The van der Waals surface area contributed by atoms with Crippen LogP contribution in [0.15, 0.2) is 0 Å². The lowest BCUT2D eigenvalue weighted by Gasteiger charge is -2.11. The predicted molar refractivity (Wildman–Crippen MR) is 43.0 cm³/mol. The van der Waals surface area contributed by atoms with Crippen LogP contribution < -0.4 is 4.72 Å². The van der Waals surface area contributed by atoms with Crippen LogP contribution in [0.5, 0.6) is 0 Å². The molecule has 2 atom stereocenters. The maximum Gasteiger partial charge on any atom is 0.0915 e. The lowest BCUT2D eigenvalue weighted by molar-refractivity contribution is 0.255. The Bertz CT molecular complexity index is 104. The Morgan fingerprint density at radius 3 is 2.50 bits per heavy atom. The molecule has 0 heterocycles. The van der Waals surface area contributed by atoms with Crippen molar-refractivity contribution in [3.05, 3.63) is 0 Å². The number of hydrogen-bond donors (Lipinski definition) is 2. The van der Waals surface area contributed by atoms with Crippen LogP contribution in [0.2, 0.25) is 0 Å². The topological polar surface area (TPSA) is 49.3 Å².